The van der Waals surface area contributed by atoms with Crippen molar-refractivity contribution in [1.82, 2.24) is 29.9 Å². The number of halogens is 1. The Kier molecular flexibility index (Phi) is 10.2. The van der Waals surface area contributed by atoms with E-state index in [9.17, 15) is 31.0 Å². The molecule has 7 N–H and O–H groups in total. The molecule has 2 heterocycles. The van der Waals surface area contributed by atoms with Gasteiger partial charge in [-0.3, -0.25) is 9.11 Å². The van der Waals surface area contributed by atoms with Gasteiger partial charge in [0.1, 0.15) is 9.79 Å². The Balaban J connectivity index is 1.25. The van der Waals surface area contributed by atoms with E-state index in [-0.39, 0.29) is 51.6 Å². The van der Waals surface area contributed by atoms with E-state index in [0.717, 1.165) is 12.1 Å². The van der Waals surface area contributed by atoms with E-state index < -0.39 is 36.0 Å². The minimum atomic E-state index is -4.84. The van der Waals surface area contributed by atoms with Gasteiger partial charge >= 0.3 is 6.01 Å². The number of nitrogens with one attached hydrogen (secondary N) is 4. The number of benzene rings is 4. The summed E-state index contributed by atoms with van der Waals surface area (Å²) in [7, 11) is -9.66. The molecule has 0 fully saturated rings. The average Bonchev–Trinajstić information content (AvgIpc) is 3.07. The first kappa shape index (κ1) is 35.6. The lowest BCUT2D eigenvalue weighted by molar-refractivity contribution is 0.430. The van der Waals surface area contributed by atoms with Crippen LogP contribution in [0, 0.1) is 0 Å². The van der Waals surface area contributed by atoms with Crippen molar-refractivity contribution in [1.29, 1.82) is 0 Å². The molecule has 0 saturated heterocycles. The van der Waals surface area contributed by atoms with Gasteiger partial charge in [-0.2, -0.15) is 46.7 Å². The summed E-state index contributed by atoms with van der Waals surface area (Å²) in [6, 6.07) is 25.0. The predicted molar refractivity (Wildman–Crippen MR) is 194 cm³/mol. The van der Waals surface area contributed by atoms with Crippen LogP contribution in [0.25, 0.3) is 12.2 Å². The third-order valence-electron chi connectivity index (χ3n) is 6.83. The van der Waals surface area contributed by atoms with Crippen LogP contribution in [-0.2, 0) is 20.2 Å². The lowest BCUT2D eigenvalue weighted by Gasteiger charge is -2.11. The molecule has 0 aliphatic rings. The van der Waals surface area contributed by atoms with Crippen molar-refractivity contribution in [2.45, 2.75) is 9.79 Å². The molecule has 0 aliphatic heterocycles. The fraction of sp³-hybridized carbons (Fsp3) is 0. The standard InChI is InChI=1S/C32H25ClN10O7S2/c33-27-38-28(34-21-7-3-1-4-8-21)40-29(39-27)36-23-15-13-19(25(17-23)51(45,46)47)11-12-20-14-16-24(18-26(20)52(48,49)50)37-31-41-30(42-32(44)43-31)35-22-9-5-2-6-10-22/h1-18H,(H,45,46,47)(H,48,49,50)(H2,34,36,38,39,40)(H3,35,37,41,42,43,44)/b12-11+. The van der Waals surface area contributed by atoms with Gasteiger partial charge in [-0.25, -0.2) is 0 Å². The van der Waals surface area contributed by atoms with Crippen LogP contribution >= 0.6 is 11.6 Å². The van der Waals surface area contributed by atoms with Crippen LogP contribution in [0.15, 0.2) is 107 Å². The van der Waals surface area contributed by atoms with Crippen LogP contribution in [0.4, 0.5) is 46.5 Å². The Labute approximate surface area is 301 Å². The molecule has 20 heteroatoms. The minimum Gasteiger partial charge on any atom is -0.479 e. The molecule has 2 aromatic heterocycles. The molecule has 0 radical (unpaired) electrons. The molecule has 6 aromatic rings. The predicted octanol–water partition coefficient (Wildman–Crippen LogP) is 6.05. The maximum atomic E-state index is 12.4. The number of aromatic nitrogens is 6. The smallest absolute Gasteiger partial charge is 0.320 e. The van der Waals surface area contributed by atoms with Gasteiger partial charge in [-0.15, -0.1) is 0 Å². The van der Waals surface area contributed by atoms with E-state index in [1.54, 1.807) is 48.5 Å². The van der Waals surface area contributed by atoms with Crippen LogP contribution in [-0.4, -0.2) is 61.0 Å². The highest BCUT2D eigenvalue weighted by molar-refractivity contribution is 7.86. The summed E-state index contributed by atoms with van der Waals surface area (Å²) >= 11 is 6.07. The molecule has 0 saturated carbocycles. The normalized spacial score (nSPS) is 11.7. The maximum absolute atomic E-state index is 12.4. The van der Waals surface area contributed by atoms with E-state index in [1.807, 2.05) is 12.1 Å². The van der Waals surface area contributed by atoms with E-state index in [2.05, 4.69) is 51.2 Å². The lowest BCUT2D eigenvalue weighted by atomic mass is 10.1. The molecule has 6 rings (SSSR count). The Morgan fingerprint density at radius 3 is 1.25 bits per heavy atom. The van der Waals surface area contributed by atoms with Gasteiger partial charge in [0.05, 0.1) is 0 Å². The van der Waals surface area contributed by atoms with Crippen LogP contribution in [0.3, 0.4) is 0 Å². The highest BCUT2D eigenvalue weighted by Gasteiger charge is 2.19. The average molecular weight is 761 g/mol. The Morgan fingerprint density at radius 2 is 0.865 bits per heavy atom. The van der Waals surface area contributed by atoms with Crippen molar-refractivity contribution >= 4 is 90.5 Å². The molecule has 0 bridgehead atoms. The van der Waals surface area contributed by atoms with Crippen molar-refractivity contribution < 1.29 is 31.0 Å². The van der Waals surface area contributed by atoms with Gasteiger partial charge in [-0.05, 0) is 71.3 Å². The second-order valence-corrected chi connectivity index (χ2v) is 13.7. The quantitative estimate of drug-likeness (QED) is 0.0553. The highest BCUT2D eigenvalue weighted by Crippen LogP contribution is 2.28. The van der Waals surface area contributed by atoms with Gasteiger partial charge < -0.3 is 26.4 Å². The van der Waals surface area contributed by atoms with E-state index in [1.165, 1.54) is 36.4 Å². The van der Waals surface area contributed by atoms with Crippen LogP contribution < -0.4 is 21.3 Å². The summed E-state index contributed by atoms with van der Waals surface area (Å²) in [6.07, 6.45) is 2.46. The first-order valence-corrected chi connectivity index (χ1v) is 18.0. The number of aromatic hydroxyl groups is 1. The highest BCUT2D eigenvalue weighted by atomic mass is 35.5. The number of nitrogens with zero attached hydrogens (tertiary/aromatic N) is 6. The molecule has 0 amide bonds. The van der Waals surface area contributed by atoms with Gasteiger partial charge in [0, 0.05) is 22.7 Å². The summed E-state index contributed by atoms with van der Waals surface area (Å²) in [5.74, 6) is -0.0837. The third-order valence-corrected chi connectivity index (χ3v) is 8.82. The van der Waals surface area contributed by atoms with Crippen molar-refractivity contribution in [2.75, 3.05) is 21.3 Å². The summed E-state index contributed by atoms with van der Waals surface area (Å²) in [4.78, 5) is 23.0. The van der Waals surface area contributed by atoms with Crippen molar-refractivity contribution in [3.63, 3.8) is 0 Å². The number of hydrogen-bond acceptors (Lipinski definition) is 15. The molecule has 0 atom stereocenters. The van der Waals surface area contributed by atoms with Crippen molar-refractivity contribution in [2.24, 2.45) is 0 Å². The van der Waals surface area contributed by atoms with E-state index in [4.69, 9.17) is 11.6 Å². The van der Waals surface area contributed by atoms with Gasteiger partial charge in [0.15, 0.2) is 0 Å². The second-order valence-electron chi connectivity index (χ2n) is 10.6. The lowest BCUT2D eigenvalue weighted by Crippen LogP contribution is -2.06. The van der Waals surface area contributed by atoms with Crippen LogP contribution in [0.1, 0.15) is 11.1 Å². The number of hydrogen-bond donors (Lipinski definition) is 7. The topological polar surface area (TPSA) is 254 Å². The van der Waals surface area contributed by atoms with Crippen molar-refractivity contribution in [3.8, 4) is 6.01 Å². The summed E-state index contributed by atoms with van der Waals surface area (Å²) in [5, 5.41) is 21.3. The zero-order valence-corrected chi connectivity index (χ0v) is 28.6. The Hall–Kier alpha value is -6.25. The monoisotopic (exact) mass is 760 g/mol. The molecule has 17 nitrogen and oxygen atoms in total. The fourth-order valence-corrected chi connectivity index (χ4v) is 6.20. The van der Waals surface area contributed by atoms with E-state index in [0.29, 0.717) is 11.4 Å². The second kappa shape index (κ2) is 14.9. The van der Waals surface area contributed by atoms with Gasteiger partial charge in [0.2, 0.25) is 29.1 Å². The Bertz CT molecular complexity index is 2340. The SMILES string of the molecule is O=S(=O)(O)c1cc(Nc2nc(O)nc(Nc3ccccc3)n2)ccc1/C=C/c1ccc(Nc2nc(Cl)nc(Nc3ccccc3)n2)cc1S(=O)(=O)O. The molecule has 4 aromatic carbocycles. The minimum absolute atomic E-state index is 0.00599. The first-order chi connectivity index (χ1) is 24.8. The molecular weight excluding hydrogens is 736 g/mol. The van der Waals surface area contributed by atoms with Gasteiger partial charge in [0.25, 0.3) is 20.2 Å². The number of para-hydroxylation sites is 2. The largest absolute Gasteiger partial charge is 0.479 e. The number of rotatable bonds is 12. The Morgan fingerprint density at radius 1 is 0.500 bits per heavy atom. The molecule has 0 spiro atoms. The zero-order chi connectivity index (χ0) is 36.9. The van der Waals surface area contributed by atoms with E-state index >= 15 is 0 Å². The molecule has 0 unspecified atom stereocenters. The molecule has 52 heavy (non-hydrogen) atoms. The fourth-order valence-electron chi connectivity index (χ4n) is 4.62. The molecular formula is C32H25ClN10O7S2. The molecule has 0 aliphatic carbocycles. The maximum Gasteiger partial charge on any atom is 0.320 e. The van der Waals surface area contributed by atoms with Crippen LogP contribution in [0.2, 0.25) is 5.28 Å². The van der Waals surface area contributed by atoms with Gasteiger partial charge in [-0.1, -0.05) is 60.7 Å². The summed E-state index contributed by atoms with van der Waals surface area (Å²) < 4.78 is 69.7. The zero-order valence-electron chi connectivity index (χ0n) is 26.2. The summed E-state index contributed by atoms with van der Waals surface area (Å²) in [6.45, 7) is 0. The molecule has 264 valence electrons. The third kappa shape index (κ3) is 9.29. The first-order valence-electron chi connectivity index (χ1n) is 14.7. The summed E-state index contributed by atoms with van der Waals surface area (Å²) in [5.41, 5.74) is 1.49. The number of anilines is 8. The van der Waals surface area contributed by atoms with Crippen LogP contribution in [0.5, 0.6) is 6.01 Å². The van der Waals surface area contributed by atoms with Crippen molar-refractivity contribution in [3.05, 3.63) is 113 Å².